The number of ether oxygens (including phenoxy) is 2. The molecule has 0 spiro atoms. The van der Waals surface area contributed by atoms with E-state index in [9.17, 15) is 9.59 Å². The average Bonchev–Trinajstić information content (AvgIpc) is 2.63. The number of esters is 2. The molecule has 102 valence electrons. The topological polar surface area (TPSA) is 65.5 Å². The van der Waals surface area contributed by atoms with Crippen LogP contribution >= 0.6 is 0 Å². The summed E-state index contributed by atoms with van der Waals surface area (Å²) >= 11 is 0. The molecule has 2 heterocycles. The van der Waals surface area contributed by atoms with Gasteiger partial charge in [0.1, 0.15) is 5.60 Å². The van der Waals surface area contributed by atoms with Gasteiger partial charge in [0, 0.05) is 17.7 Å². The van der Waals surface area contributed by atoms with Crippen molar-refractivity contribution >= 4 is 11.9 Å². The molecular formula is C14H17NO4. The molecule has 0 aliphatic carbocycles. The fraction of sp³-hybridized carbons (Fsp3) is 0.500. The second kappa shape index (κ2) is 4.99. The number of nitrogens with zero attached hydrogens (tertiary/aromatic N) is 1. The highest BCUT2D eigenvalue weighted by Gasteiger charge is 2.21. The molecule has 2 rings (SSSR count). The van der Waals surface area contributed by atoms with Crippen LogP contribution in [0.2, 0.25) is 0 Å². The molecule has 5 nitrogen and oxygen atoms in total. The number of rotatable bonds is 3. The Hall–Kier alpha value is -1.91. The van der Waals surface area contributed by atoms with E-state index in [1.54, 1.807) is 0 Å². The van der Waals surface area contributed by atoms with Crippen molar-refractivity contribution < 1.29 is 19.1 Å². The summed E-state index contributed by atoms with van der Waals surface area (Å²) in [6, 6.07) is 1.81. The molecule has 0 radical (unpaired) electrons. The van der Waals surface area contributed by atoms with Gasteiger partial charge in [0.05, 0.1) is 19.0 Å². The summed E-state index contributed by atoms with van der Waals surface area (Å²) < 4.78 is 10.2. The molecule has 0 N–H and O–H groups in total. The summed E-state index contributed by atoms with van der Waals surface area (Å²) in [7, 11) is 0. The molecule has 0 saturated carbocycles. The van der Waals surface area contributed by atoms with E-state index in [0.717, 1.165) is 11.3 Å². The summed E-state index contributed by atoms with van der Waals surface area (Å²) in [6.45, 7) is 5.50. The number of aryl methyl sites for hydroxylation is 1. The highest BCUT2D eigenvalue weighted by molar-refractivity contribution is 5.80. The molecule has 1 aliphatic rings. The number of pyridine rings is 1. The maximum Gasteiger partial charge on any atom is 0.315 e. The summed E-state index contributed by atoms with van der Waals surface area (Å²) in [5, 5.41) is 0. The van der Waals surface area contributed by atoms with Crippen LogP contribution < -0.4 is 4.74 Å². The zero-order valence-electron chi connectivity index (χ0n) is 11.4. The molecule has 1 aromatic heterocycles. The van der Waals surface area contributed by atoms with E-state index in [2.05, 4.69) is 4.98 Å². The Labute approximate surface area is 111 Å². The van der Waals surface area contributed by atoms with Crippen LogP contribution in [0.4, 0.5) is 0 Å². The summed E-state index contributed by atoms with van der Waals surface area (Å²) in [5.41, 5.74) is 1.13. The van der Waals surface area contributed by atoms with E-state index < -0.39 is 5.60 Å². The number of aromatic nitrogens is 1. The number of fused-ring (bicyclic) bond motifs is 1. The lowest BCUT2D eigenvalue weighted by Gasteiger charge is -2.19. The van der Waals surface area contributed by atoms with Gasteiger partial charge in [-0.25, -0.2) is 0 Å². The molecule has 0 unspecified atom stereocenters. The third-order valence-electron chi connectivity index (χ3n) is 2.57. The van der Waals surface area contributed by atoms with Gasteiger partial charge < -0.3 is 9.47 Å². The summed E-state index contributed by atoms with van der Waals surface area (Å²) in [5.74, 6) is 0.00855. The lowest BCUT2D eigenvalue weighted by molar-refractivity contribution is -0.154. The zero-order valence-corrected chi connectivity index (χ0v) is 11.4. The molecule has 1 aliphatic heterocycles. The van der Waals surface area contributed by atoms with Crippen LogP contribution in [0.25, 0.3) is 0 Å². The monoisotopic (exact) mass is 263 g/mol. The van der Waals surface area contributed by atoms with Crippen LogP contribution in [0.15, 0.2) is 12.3 Å². The van der Waals surface area contributed by atoms with Crippen molar-refractivity contribution in [3.05, 3.63) is 23.5 Å². The quantitative estimate of drug-likeness (QED) is 0.778. The molecular weight excluding hydrogens is 246 g/mol. The maximum absolute atomic E-state index is 11.6. The number of carbonyl (C=O) groups excluding carboxylic acids is 2. The first-order valence-electron chi connectivity index (χ1n) is 6.24. The third kappa shape index (κ3) is 3.77. The number of hydrogen-bond acceptors (Lipinski definition) is 5. The molecule has 0 saturated heterocycles. The van der Waals surface area contributed by atoms with Gasteiger partial charge in [-0.2, -0.15) is 0 Å². The molecule has 0 bridgehead atoms. The minimum absolute atomic E-state index is 0.248. The molecule has 0 atom stereocenters. The van der Waals surface area contributed by atoms with Crippen LogP contribution in [0, 0.1) is 0 Å². The Morgan fingerprint density at radius 2 is 2.21 bits per heavy atom. The smallest absolute Gasteiger partial charge is 0.315 e. The Morgan fingerprint density at radius 1 is 1.47 bits per heavy atom. The van der Waals surface area contributed by atoms with Gasteiger partial charge in [-0.15, -0.1) is 0 Å². The predicted molar refractivity (Wildman–Crippen MR) is 67.7 cm³/mol. The van der Waals surface area contributed by atoms with E-state index in [0.29, 0.717) is 12.2 Å². The predicted octanol–water partition coefficient (Wildman–Crippen LogP) is 1.82. The first kappa shape index (κ1) is 13.5. The maximum atomic E-state index is 11.6. The molecule has 0 amide bonds. The van der Waals surface area contributed by atoms with Crippen LogP contribution in [-0.2, 0) is 27.2 Å². The largest absolute Gasteiger partial charge is 0.460 e. The van der Waals surface area contributed by atoms with Crippen LogP contribution in [0.3, 0.4) is 0 Å². The van der Waals surface area contributed by atoms with E-state index >= 15 is 0 Å². The zero-order chi connectivity index (χ0) is 14.0. The Morgan fingerprint density at radius 3 is 2.89 bits per heavy atom. The summed E-state index contributed by atoms with van der Waals surface area (Å²) in [6.07, 6.45) is 2.58. The van der Waals surface area contributed by atoms with E-state index in [1.165, 1.54) is 6.20 Å². The number of carbonyl (C=O) groups is 2. The Kier molecular flexibility index (Phi) is 3.55. The van der Waals surface area contributed by atoms with Crippen molar-refractivity contribution in [1.82, 2.24) is 4.98 Å². The third-order valence-corrected chi connectivity index (χ3v) is 2.57. The van der Waals surface area contributed by atoms with Gasteiger partial charge in [-0.05, 0) is 26.8 Å². The van der Waals surface area contributed by atoms with Gasteiger partial charge in [0.2, 0.25) is 0 Å². The lowest BCUT2D eigenvalue weighted by Crippen LogP contribution is -2.24. The van der Waals surface area contributed by atoms with Gasteiger partial charge in [-0.1, -0.05) is 0 Å². The minimum Gasteiger partial charge on any atom is -0.460 e. The fourth-order valence-electron chi connectivity index (χ4n) is 1.84. The normalized spacial score (nSPS) is 13.9. The molecule has 0 fully saturated rings. The van der Waals surface area contributed by atoms with Gasteiger partial charge in [0.15, 0.2) is 5.75 Å². The second-order valence-electron chi connectivity index (χ2n) is 5.52. The van der Waals surface area contributed by atoms with Crippen LogP contribution in [-0.4, -0.2) is 22.5 Å². The van der Waals surface area contributed by atoms with Crippen molar-refractivity contribution in [3.63, 3.8) is 0 Å². The SMILES string of the molecule is CC(C)(C)OC(=O)CCc1cc2c(cn1)OC(=O)C2. The molecule has 0 aromatic carbocycles. The first-order chi connectivity index (χ1) is 8.83. The van der Waals surface area contributed by atoms with E-state index in [1.807, 2.05) is 26.8 Å². The average molecular weight is 263 g/mol. The standard InChI is InChI=1S/C14H17NO4/c1-14(2,3)19-12(16)5-4-10-6-9-7-13(17)18-11(9)8-15-10/h6,8H,4-5,7H2,1-3H3. The van der Waals surface area contributed by atoms with Crippen molar-refractivity contribution in [2.75, 3.05) is 0 Å². The number of hydrogen-bond donors (Lipinski definition) is 0. The van der Waals surface area contributed by atoms with Crippen molar-refractivity contribution in [3.8, 4) is 5.75 Å². The molecule has 19 heavy (non-hydrogen) atoms. The van der Waals surface area contributed by atoms with E-state index in [-0.39, 0.29) is 24.8 Å². The second-order valence-corrected chi connectivity index (χ2v) is 5.52. The van der Waals surface area contributed by atoms with Gasteiger partial charge in [0.25, 0.3) is 0 Å². The minimum atomic E-state index is -0.470. The van der Waals surface area contributed by atoms with Crippen molar-refractivity contribution in [2.45, 2.75) is 45.6 Å². The Balaban J connectivity index is 1.93. The first-order valence-corrected chi connectivity index (χ1v) is 6.24. The van der Waals surface area contributed by atoms with E-state index in [4.69, 9.17) is 9.47 Å². The van der Waals surface area contributed by atoms with Gasteiger partial charge >= 0.3 is 11.9 Å². The van der Waals surface area contributed by atoms with Gasteiger partial charge in [-0.3, -0.25) is 14.6 Å². The van der Waals surface area contributed by atoms with Crippen molar-refractivity contribution in [1.29, 1.82) is 0 Å². The van der Waals surface area contributed by atoms with Crippen LogP contribution in [0.5, 0.6) is 5.75 Å². The Bertz CT molecular complexity index is 517. The fourth-order valence-corrected chi connectivity index (χ4v) is 1.84. The summed E-state index contributed by atoms with van der Waals surface area (Å²) in [4.78, 5) is 26.9. The molecule has 1 aromatic rings. The highest BCUT2D eigenvalue weighted by atomic mass is 16.6. The highest BCUT2D eigenvalue weighted by Crippen LogP contribution is 2.25. The van der Waals surface area contributed by atoms with Crippen molar-refractivity contribution in [2.24, 2.45) is 0 Å². The van der Waals surface area contributed by atoms with Crippen LogP contribution in [0.1, 0.15) is 38.4 Å². The molecule has 5 heteroatoms. The lowest BCUT2D eigenvalue weighted by atomic mass is 10.1.